The molecule has 1 heterocycles. The molecule has 0 saturated heterocycles. The van der Waals surface area contributed by atoms with Crippen LogP contribution in [-0.4, -0.2) is 53.8 Å². The summed E-state index contributed by atoms with van der Waals surface area (Å²) < 4.78 is 18.3. The summed E-state index contributed by atoms with van der Waals surface area (Å²) in [6.45, 7) is 9.78. The Hall–Kier alpha value is -3.17. The molecule has 0 saturated carbocycles. The van der Waals surface area contributed by atoms with Crippen molar-refractivity contribution < 1.29 is 28.9 Å². The van der Waals surface area contributed by atoms with Gasteiger partial charge in [-0.15, -0.1) is 6.58 Å². The van der Waals surface area contributed by atoms with Crippen molar-refractivity contribution in [1.82, 2.24) is 5.32 Å². The number of rotatable bonds is 12. The second-order valence-corrected chi connectivity index (χ2v) is 10.8. The minimum Gasteiger partial charge on any atom is -0.494 e. The number of hydrogen-bond acceptors (Lipinski definition) is 7. The van der Waals surface area contributed by atoms with E-state index in [9.17, 15) is 9.59 Å². The highest BCUT2D eigenvalue weighted by Crippen LogP contribution is 2.45. The normalized spacial score (nSPS) is 18.8. The molecular weight excluding hydrogens is 552 g/mol. The largest absolute Gasteiger partial charge is 0.494 e. The summed E-state index contributed by atoms with van der Waals surface area (Å²) in [5.74, 6) is 0.127. The number of benzene rings is 2. The second-order valence-electron chi connectivity index (χ2n) is 9.90. The molecule has 3 rings (SSSR count). The standard InChI is InChI=1S/C29H35BrN2O6/c1-5-17-31-27(35)29(16-15-24(34)38-28(2,3)4)25(22-9-6-7-10-23(22)30)37-26(32-29)20-11-13-21(14-12-20)36-19-8-18-33/h5-7,9-14,25,33H,1,8,15-19H2,2-4H3,(H,31,35)/t25-,29-/m1/s1. The van der Waals surface area contributed by atoms with Gasteiger partial charge in [-0.05, 0) is 57.5 Å². The average Bonchev–Trinajstić information content (AvgIpc) is 3.26. The van der Waals surface area contributed by atoms with Crippen LogP contribution in [0.3, 0.4) is 0 Å². The summed E-state index contributed by atoms with van der Waals surface area (Å²) in [5, 5.41) is 11.8. The number of hydrogen-bond donors (Lipinski definition) is 2. The van der Waals surface area contributed by atoms with Crippen LogP contribution in [0.1, 0.15) is 57.3 Å². The molecule has 8 nitrogen and oxygen atoms in total. The van der Waals surface area contributed by atoms with Crippen molar-refractivity contribution in [1.29, 1.82) is 0 Å². The van der Waals surface area contributed by atoms with E-state index in [1.165, 1.54) is 0 Å². The molecule has 0 spiro atoms. The topological polar surface area (TPSA) is 106 Å². The molecule has 1 aliphatic heterocycles. The summed E-state index contributed by atoms with van der Waals surface area (Å²) in [4.78, 5) is 31.3. The number of aliphatic hydroxyl groups is 1. The lowest BCUT2D eigenvalue weighted by Crippen LogP contribution is -2.49. The first-order valence-corrected chi connectivity index (χ1v) is 13.3. The Morgan fingerprint density at radius 2 is 1.92 bits per heavy atom. The van der Waals surface area contributed by atoms with Gasteiger partial charge in [0.15, 0.2) is 11.6 Å². The minimum atomic E-state index is -1.44. The first-order chi connectivity index (χ1) is 18.1. The molecule has 0 radical (unpaired) electrons. The molecule has 1 aliphatic rings. The SMILES string of the molecule is C=CCNC(=O)[C@]1(CCC(=O)OC(C)(C)C)N=C(c2ccc(OCCCO)cc2)O[C@@H]1c1ccccc1Br. The maximum absolute atomic E-state index is 13.7. The maximum atomic E-state index is 13.7. The second kappa shape index (κ2) is 13.1. The zero-order valence-corrected chi connectivity index (χ0v) is 23.6. The van der Waals surface area contributed by atoms with Gasteiger partial charge in [0, 0.05) is 41.6 Å². The Balaban J connectivity index is 2.02. The van der Waals surface area contributed by atoms with Gasteiger partial charge in [0.1, 0.15) is 11.4 Å². The summed E-state index contributed by atoms with van der Waals surface area (Å²) in [6, 6.07) is 14.6. The molecule has 0 unspecified atom stereocenters. The van der Waals surface area contributed by atoms with Gasteiger partial charge in [0.05, 0.1) is 6.61 Å². The predicted molar refractivity (Wildman–Crippen MR) is 149 cm³/mol. The molecule has 2 aromatic rings. The van der Waals surface area contributed by atoms with E-state index in [1.54, 1.807) is 51.1 Å². The number of nitrogens with zero attached hydrogens (tertiary/aromatic N) is 1. The van der Waals surface area contributed by atoms with E-state index in [2.05, 4.69) is 27.8 Å². The summed E-state index contributed by atoms with van der Waals surface area (Å²) >= 11 is 3.59. The van der Waals surface area contributed by atoms with Crippen LogP contribution >= 0.6 is 15.9 Å². The molecule has 0 bridgehead atoms. The fraction of sp³-hybridized carbons (Fsp3) is 0.414. The maximum Gasteiger partial charge on any atom is 0.306 e. The van der Waals surface area contributed by atoms with Crippen molar-refractivity contribution in [2.75, 3.05) is 19.8 Å². The lowest BCUT2D eigenvalue weighted by Gasteiger charge is -2.31. The van der Waals surface area contributed by atoms with E-state index in [1.807, 2.05) is 24.3 Å². The van der Waals surface area contributed by atoms with E-state index in [4.69, 9.17) is 24.3 Å². The summed E-state index contributed by atoms with van der Waals surface area (Å²) in [7, 11) is 0. The average molecular weight is 588 g/mol. The van der Waals surface area contributed by atoms with Crippen molar-refractivity contribution in [2.45, 2.75) is 57.3 Å². The smallest absolute Gasteiger partial charge is 0.306 e. The monoisotopic (exact) mass is 586 g/mol. The Morgan fingerprint density at radius 3 is 2.55 bits per heavy atom. The van der Waals surface area contributed by atoms with Gasteiger partial charge in [-0.1, -0.05) is 40.2 Å². The number of halogens is 1. The first kappa shape index (κ1) is 29.4. The Bertz CT molecular complexity index is 1160. The van der Waals surface area contributed by atoms with Crippen LogP contribution in [0.4, 0.5) is 0 Å². The van der Waals surface area contributed by atoms with Crippen molar-refractivity contribution >= 4 is 33.7 Å². The van der Waals surface area contributed by atoms with E-state index in [-0.39, 0.29) is 37.8 Å². The number of nitrogens with one attached hydrogen (secondary N) is 1. The third kappa shape index (κ3) is 7.45. The number of ether oxygens (including phenoxy) is 3. The van der Waals surface area contributed by atoms with Gasteiger partial charge in [0.2, 0.25) is 5.90 Å². The fourth-order valence-corrected chi connectivity index (χ4v) is 4.53. The molecule has 0 aliphatic carbocycles. The van der Waals surface area contributed by atoms with E-state index < -0.39 is 23.2 Å². The molecule has 204 valence electrons. The van der Waals surface area contributed by atoms with E-state index >= 15 is 0 Å². The van der Waals surface area contributed by atoms with Crippen LogP contribution in [0, 0.1) is 0 Å². The molecule has 2 atom stereocenters. The lowest BCUT2D eigenvalue weighted by atomic mass is 9.83. The lowest BCUT2D eigenvalue weighted by molar-refractivity contribution is -0.155. The Kier molecular flexibility index (Phi) is 10.1. The van der Waals surface area contributed by atoms with Crippen LogP contribution < -0.4 is 10.1 Å². The number of aliphatic imine (C=N–C) groups is 1. The third-order valence-corrected chi connectivity index (χ3v) is 6.48. The van der Waals surface area contributed by atoms with E-state index in [0.29, 0.717) is 24.3 Å². The van der Waals surface area contributed by atoms with Crippen molar-refractivity contribution in [3.63, 3.8) is 0 Å². The van der Waals surface area contributed by atoms with Crippen LogP contribution in [0.5, 0.6) is 5.75 Å². The molecule has 9 heteroatoms. The molecule has 0 fully saturated rings. The summed E-state index contributed by atoms with van der Waals surface area (Å²) in [6.07, 6.45) is 1.36. The van der Waals surface area contributed by atoms with Crippen LogP contribution in [0.2, 0.25) is 0 Å². The molecule has 38 heavy (non-hydrogen) atoms. The van der Waals surface area contributed by atoms with Crippen LogP contribution in [-0.2, 0) is 19.1 Å². The third-order valence-electron chi connectivity index (χ3n) is 5.75. The first-order valence-electron chi connectivity index (χ1n) is 12.6. The molecular formula is C29H35BrN2O6. The van der Waals surface area contributed by atoms with Gasteiger partial charge >= 0.3 is 5.97 Å². The molecule has 1 amide bonds. The van der Waals surface area contributed by atoms with Crippen LogP contribution in [0.25, 0.3) is 0 Å². The van der Waals surface area contributed by atoms with Crippen molar-refractivity contribution in [2.24, 2.45) is 4.99 Å². The van der Waals surface area contributed by atoms with Gasteiger partial charge in [-0.25, -0.2) is 4.99 Å². The van der Waals surface area contributed by atoms with E-state index in [0.717, 1.165) is 10.0 Å². The highest BCUT2D eigenvalue weighted by Gasteiger charge is 2.53. The summed E-state index contributed by atoms with van der Waals surface area (Å²) in [5.41, 5.74) is -0.700. The zero-order valence-electron chi connectivity index (χ0n) is 22.0. The zero-order chi connectivity index (χ0) is 27.8. The quantitative estimate of drug-likeness (QED) is 0.208. The minimum absolute atomic E-state index is 0.0303. The Labute approximate surface area is 232 Å². The molecule has 2 aromatic carbocycles. The number of carbonyl (C=O) groups excluding carboxylic acids is 2. The number of amides is 1. The Morgan fingerprint density at radius 1 is 1.21 bits per heavy atom. The number of carbonyl (C=O) groups is 2. The van der Waals surface area contributed by atoms with Gasteiger partial charge in [-0.2, -0.15) is 0 Å². The van der Waals surface area contributed by atoms with Crippen LogP contribution in [0.15, 0.2) is 70.7 Å². The number of esters is 1. The van der Waals surface area contributed by atoms with Gasteiger partial charge in [0.25, 0.3) is 5.91 Å². The number of aliphatic hydroxyl groups excluding tert-OH is 1. The van der Waals surface area contributed by atoms with Crippen molar-refractivity contribution in [3.8, 4) is 5.75 Å². The molecule has 2 N–H and O–H groups in total. The van der Waals surface area contributed by atoms with Gasteiger partial charge in [-0.3, -0.25) is 9.59 Å². The highest BCUT2D eigenvalue weighted by atomic mass is 79.9. The van der Waals surface area contributed by atoms with Crippen molar-refractivity contribution in [3.05, 3.63) is 76.8 Å². The fourth-order valence-electron chi connectivity index (χ4n) is 4.04. The van der Waals surface area contributed by atoms with Gasteiger partial charge < -0.3 is 24.6 Å². The highest BCUT2D eigenvalue weighted by molar-refractivity contribution is 9.10. The molecule has 0 aromatic heterocycles. The predicted octanol–water partition coefficient (Wildman–Crippen LogP) is 4.89.